The van der Waals surface area contributed by atoms with E-state index in [0.717, 1.165) is 12.5 Å². The van der Waals surface area contributed by atoms with Crippen molar-refractivity contribution >= 4 is 0 Å². The maximum atomic E-state index is 5.83. The van der Waals surface area contributed by atoms with Crippen LogP contribution in [0.15, 0.2) is 0 Å². The molecule has 3 unspecified atom stereocenters. The van der Waals surface area contributed by atoms with Crippen molar-refractivity contribution in [3.8, 4) is 0 Å². The van der Waals surface area contributed by atoms with E-state index in [1.807, 2.05) is 0 Å². The van der Waals surface area contributed by atoms with Gasteiger partial charge in [0.2, 0.25) is 0 Å². The Morgan fingerprint density at radius 1 is 1.25 bits per heavy atom. The zero-order valence-electron chi connectivity index (χ0n) is 13.6. The minimum Gasteiger partial charge on any atom is -0.378 e. The monoisotopic (exact) mass is 282 g/mol. The predicted octanol–water partition coefficient (Wildman–Crippen LogP) is 3.05. The van der Waals surface area contributed by atoms with E-state index in [9.17, 15) is 0 Å². The Bertz CT molecular complexity index is 251. The van der Waals surface area contributed by atoms with Gasteiger partial charge in [0.25, 0.3) is 0 Å². The molecule has 2 aliphatic rings. The standard InChI is InChI=1S/C17H34N2O/c1-3-7-17-12-16(8-11-20-17)18-13-15(2)14-19-9-5-4-6-10-19/h15-18H,3-14H2,1-2H3. The summed E-state index contributed by atoms with van der Waals surface area (Å²) in [5.74, 6) is 0.764. The molecule has 0 amide bonds. The van der Waals surface area contributed by atoms with Crippen LogP contribution >= 0.6 is 0 Å². The Morgan fingerprint density at radius 3 is 2.80 bits per heavy atom. The summed E-state index contributed by atoms with van der Waals surface area (Å²) in [6, 6.07) is 0.684. The second kappa shape index (κ2) is 9.01. The largest absolute Gasteiger partial charge is 0.378 e. The average Bonchev–Trinajstić information content (AvgIpc) is 2.47. The van der Waals surface area contributed by atoms with Crippen molar-refractivity contribution in [2.24, 2.45) is 5.92 Å². The molecule has 0 saturated carbocycles. The molecule has 3 nitrogen and oxygen atoms in total. The van der Waals surface area contributed by atoms with Crippen LogP contribution in [-0.2, 0) is 4.74 Å². The van der Waals surface area contributed by atoms with Crippen molar-refractivity contribution in [3.63, 3.8) is 0 Å². The highest BCUT2D eigenvalue weighted by atomic mass is 16.5. The highest BCUT2D eigenvalue weighted by Crippen LogP contribution is 2.18. The lowest BCUT2D eigenvalue weighted by molar-refractivity contribution is -0.00382. The highest BCUT2D eigenvalue weighted by molar-refractivity contribution is 4.78. The van der Waals surface area contributed by atoms with Crippen LogP contribution in [0.4, 0.5) is 0 Å². The van der Waals surface area contributed by atoms with Gasteiger partial charge in [0, 0.05) is 19.2 Å². The molecule has 2 saturated heterocycles. The summed E-state index contributed by atoms with van der Waals surface area (Å²) in [5, 5.41) is 3.79. The molecule has 20 heavy (non-hydrogen) atoms. The zero-order valence-corrected chi connectivity index (χ0v) is 13.6. The van der Waals surface area contributed by atoms with Gasteiger partial charge in [-0.15, -0.1) is 0 Å². The minimum absolute atomic E-state index is 0.503. The molecule has 3 atom stereocenters. The van der Waals surface area contributed by atoms with Crippen molar-refractivity contribution in [2.75, 3.05) is 32.8 Å². The molecule has 0 aromatic carbocycles. The van der Waals surface area contributed by atoms with E-state index in [-0.39, 0.29) is 0 Å². The average molecular weight is 282 g/mol. The fraction of sp³-hybridized carbons (Fsp3) is 1.00. The van der Waals surface area contributed by atoms with Gasteiger partial charge in [-0.3, -0.25) is 0 Å². The molecule has 1 N–H and O–H groups in total. The molecular weight excluding hydrogens is 248 g/mol. The molecule has 2 fully saturated rings. The molecule has 2 aliphatic heterocycles. The van der Waals surface area contributed by atoms with Gasteiger partial charge < -0.3 is 15.0 Å². The van der Waals surface area contributed by atoms with E-state index in [1.165, 1.54) is 71.1 Å². The maximum absolute atomic E-state index is 5.83. The fourth-order valence-electron chi connectivity index (χ4n) is 3.60. The van der Waals surface area contributed by atoms with E-state index in [0.29, 0.717) is 12.1 Å². The predicted molar refractivity (Wildman–Crippen MR) is 85.1 cm³/mol. The van der Waals surface area contributed by atoms with Crippen molar-refractivity contribution in [3.05, 3.63) is 0 Å². The lowest BCUT2D eigenvalue weighted by Crippen LogP contribution is -2.43. The first-order valence-electron chi connectivity index (χ1n) is 8.85. The van der Waals surface area contributed by atoms with Crippen LogP contribution < -0.4 is 5.32 Å². The van der Waals surface area contributed by atoms with Crippen LogP contribution in [0.3, 0.4) is 0 Å². The van der Waals surface area contributed by atoms with Crippen molar-refractivity contribution in [1.82, 2.24) is 10.2 Å². The molecule has 0 aromatic rings. The van der Waals surface area contributed by atoms with Crippen molar-refractivity contribution in [1.29, 1.82) is 0 Å². The lowest BCUT2D eigenvalue weighted by atomic mass is 9.99. The fourth-order valence-corrected chi connectivity index (χ4v) is 3.60. The van der Waals surface area contributed by atoms with E-state index < -0.39 is 0 Å². The van der Waals surface area contributed by atoms with E-state index >= 15 is 0 Å². The number of ether oxygens (including phenoxy) is 1. The molecule has 0 bridgehead atoms. The maximum Gasteiger partial charge on any atom is 0.0589 e. The summed E-state index contributed by atoms with van der Waals surface area (Å²) < 4.78 is 5.83. The van der Waals surface area contributed by atoms with Crippen LogP contribution in [0.1, 0.15) is 58.8 Å². The van der Waals surface area contributed by atoms with Crippen LogP contribution in [-0.4, -0.2) is 49.8 Å². The molecule has 0 aromatic heterocycles. The van der Waals surface area contributed by atoms with E-state index in [2.05, 4.69) is 24.1 Å². The van der Waals surface area contributed by atoms with Gasteiger partial charge >= 0.3 is 0 Å². The molecule has 0 aliphatic carbocycles. The van der Waals surface area contributed by atoms with Crippen LogP contribution in [0, 0.1) is 5.92 Å². The summed E-state index contributed by atoms with van der Waals surface area (Å²) in [4.78, 5) is 2.65. The third-order valence-electron chi connectivity index (χ3n) is 4.75. The summed E-state index contributed by atoms with van der Waals surface area (Å²) in [5.41, 5.74) is 0. The number of likely N-dealkylation sites (tertiary alicyclic amines) is 1. The normalized spacial score (nSPS) is 30.3. The molecule has 2 rings (SSSR count). The lowest BCUT2D eigenvalue weighted by Gasteiger charge is -2.32. The number of nitrogens with zero attached hydrogens (tertiary/aromatic N) is 1. The first-order valence-corrected chi connectivity index (χ1v) is 8.85. The van der Waals surface area contributed by atoms with Gasteiger partial charge in [-0.1, -0.05) is 26.7 Å². The summed E-state index contributed by atoms with van der Waals surface area (Å²) >= 11 is 0. The van der Waals surface area contributed by atoms with Gasteiger partial charge in [-0.2, -0.15) is 0 Å². The summed E-state index contributed by atoms with van der Waals surface area (Å²) in [7, 11) is 0. The zero-order chi connectivity index (χ0) is 14.2. The molecule has 3 heteroatoms. The van der Waals surface area contributed by atoms with Gasteiger partial charge in [-0.25, -0.2) is 0 Å². The summed E-state index contributed by atoms with van der Waals surface area (Å²) in [6.07, 6.45) is 9.61. The number of piperidine rings is 1. The number of rotatable bonds is 7. The van der Waals surface area contributed by atoms with Crippen molar-refractivity contribution in [2.45, 2.75) is 70.9 Å². The van der Waals surface area contributed by atoms with Crippen LogP contribution in [0.5, 0.6) is 0 Å². The molecule has 0 radical (unpaired) electrons. The molecular formula is C17H34N2O. The second-order valence-electron chi connectivity index (χ2n) is 6.88. The van der Waals surface area contributed by atoms with Crippen LogP contribution in [0.2, 0.25) is 0 Å². The summed E-state index contributed by atoms with van der Waals surface area (Å²) in [6.45, 7) is 10.7. The van der Waals surface area contributed by atoms with Gasteiger partial charge in [0.15, 0.2) is 0 Å². The SMILES string of the molecule is CCCC1CC(NCC(C)CN2CCCCC2)CCO1. The minimum atomic E-state index is 0.503. The third kappa shape index (κ3) is 5.71. The number of nitrogens with one attached hydrogen (secondary N) is 1. The first kappa shape index (κ1) is 16.3. The number of hydrogen-bond donors (Lipinski definition) is 1. The topological polar surface area (TPSA) is 24.5 Å². The number of hydrogen-bond acceptors (Lipinski definition) is 3. The Hall–Kier alpha value is -0.120. The molecule has 118 valence electrons. The third-order valence-corrected chi connectivity index (χ3v) is 4.75. The van der Waals surface area contributed by atoms with Gasteiger partial charge in [0.1, 0.15) is 0 Å². The van der Waals surface area contributed by atoms with E-state index in [1.54, 1.807) is 0 Å². The van der Waals surface area contributed by atoms with Crippen LogP contribution in [0.25, 0.3) is 0 Å². The Labute approximate surface area is 125 Å². The van der Waals surface area contributed by atoms with E-state index in [4.69, 9.17) is 4.74 Å². The highest BCUT2D eigenvalue weighted by Gasteiger charge is 2.22. The Kier molecular flexibility index (Phi) is 7.32. The molecule has 0 spiro atoms. The quantitative estimate of drug-likeness (QED) is 0.777. The first-order chi connectivity index (χ1) is 9.78. The second-order valence-corrected chi connectivity index (χ2v) is 6.88. The molecule has 2 heterocycles. The Balaban J connectivity index is 1.60. The van der Waals surface area contributed by atoms with Crippen molar-refractivity contribution < 1.29 is 4.74 Å². The smallest absolute Gasteiger partial charge is 0.0589 e. The Morgan fingerprint density at radius 2 is 2.05 bits per heavy atom. The van der Waals surface area contributed by atoms with Gasteiger partial charge in [0.05, 0.1) is 6.10 Å². The van der Waals surface area contributed by atoms with Gasteiger partial charge in [-0.05, 0) is 57.7 Å².